The fraction of sp³-hybridized carbons (Fsp3) is 0.417. The predicted molar refractivity (Wildman–Crippen MR) is 124 cm³/mol. The zero-order valence-corrected chi connectivity index (χ0v) is 18.6. The maximum absolute atomic E-state index is 12.9. The van der Waals surface area contributed by atoms with Crippen molar-refractivity contribution < 1.29 is 9.59 Å². The number of hydrogen-bond acceptors (Lipinski definition) is 4. The van der Waals surface area contributed by atoms with Crippen molar-refractivity contribution in [2.24, 2.45) is 0 Å². The number of aryl methyl sites for hydroxylation is 1. The van der Waals surface area contributed by atoms with Gasteiger partial charge < -0.3 is 20.9 Å². The zero-order chi connectivity index (χ0) is 22.1. The van der Waals surface area contributed by atoms with Crippen LogP contribution in [0.15, 0.2) is 24.3 Å². The van der Waals surface area contributed by atoms with Crippen molar-refractivity contribution in [3.8, 4) is 0 Å². The number of H-pyrrole nitrogens is 1. The second-order valence-electron chi connectivity index (χ2n) is 8.71. The van der Waals surface area contributed by atoms with E-state index in [2.05, 4.69) is 39.7 Å². The number of aromatic nitrogens is 1. The van der Waals surface area contributed by atoms with Crippen LogP contribution in [-0.2, 0) is 4.79 Å². The Balaban J connectivity index is 1.46. The molecule has 2 aliphatic rings. The summed E-state index contributed by atoms with van der Waals surface area (Å²) in [6.07, 6.45) is 1.84. The highest BCUT2D eigenvalue weighted by Gasteiger charge is 2.25. The number of rotatable bonds is 5. The van der Waals surface area contributed by atoms with Gasteiger partial charge in [-0.2, -0.15) is 0 Å². The average molecular weight is 422 g/mol. The van der Waals surface area contributed by atoms with Crippen LogP contribution in [0.3, 0.4) is 0 Å². The van der Waals surface area contributed by atoms with Gasteiger partial charge in [0.2, 0.25) is 0 Å². The summed E-state index contributed by atoms with van der Waals surface area (Å²) in [6.45, 7) is 11.6. The number of nitrogens with zero attached hydrogens (tertiary/aromatic N) is 1. The summed E-state index contributed by atoms with van der Waals surface area (Å²) < 4.78 is 0. The van der Waals surface area contributed by atoms with E-state index in [-0.39, 0.29) is 11.8 Å². The van der Waals surface area contributed by atoms with E-state index >= 15 is 0 Å². The van der Waals surface area contributed by atoms with Gasteiger partial charge in [0.25, 0.3) is 11.8 Å². The molecule has 7 nitrogen and oxygen atoms in total. The van der Waals surface area contributed by atoms with Crippen LogP contribution >= 0.6 is 0 Å². The van der Waals surface area contributed by atoms with Crippen molar-refractivity contribution in [2.45, 2.75) is 39.8 Å². The van der Waals surface area contributed by atoms with E-state index < -0.39 is 0 Å². The highest BCUT2D eigenvalue weighted by atomic mass is 16.2. The molecule has 1 saturated heterocycles. The summed E-state index contributed by atoms with van der Waals surface area (Å²) in [5.74, 6) is -0.207. The summed E-state index contributed by atoms with van der Waals surface area (Å²) in [4.78, 5) is 31.0. The molecule has 2 aliphatic heterocycles. The Morgan fingerprint density at radius 3 is 2.65 bits per heavy atom. The quantitative estimate of drug-likeness (QED) is 0.559. The van der Waals surface area contributed by atoms with Crippen molar-refractivity contribution in [2.75, 3.05) is 31.5 Å². The smallest absolute Gasteiger partial charge is 0.256 e. The molecule has 2 aromatic rings. The first-order valence-corrected chi connectivity index (χ1v) is 10.9. The van der Waals surface area contributed by atoms with E-state index in [0.29, 0.717) is 29.8 Å². The van der Waals surface area contributed by atoms with Crippen LogP contribution in [-0.4, -0.2) is 60.0 Å². The molecule has 31 heavy (non-hydrogen) atoms. The molecule has 7 heteroatoms. The predicted octanol–water partition coefficient (Wildman–Crippen LogP) is 2.54. The normalized spacial score (nSPS) is 22.5. The molecule has 1 aromatic heterocycles. The number of hydrogen-bond donors (Lipinski definition) is 4. The van der Waals surface area contributed by atoms with Gasteiger partial charge in [-0.3, -0.25) is 14.5 Å². The summed E-state index contributed by atoms with van der Waals surface area (Å²) in [5.41, 5.74) is 5.39. The first kappa shape index (κ1) is 21.3. The largest absolute Gasteiger partial charge is 0.358 e. The van der Waals surface area contributed by atoms with E-state index in [1.165, 1.54) is 0 Å². The monoisotopic (exact) mass is 421 g/mol. The number of anilines is 1. The number of amides is 2. The Morgan fingerprint density at radius 1 is 1.19 bits per heavy atom. The van der Waals surface area contributed by atoms with E-state index in [4.69, 9.17) is 0 Å². The van der Waals surface area contributed by atoms with Gasteiger partial charge in [-0.25, -0.2) is 0 Å². The third kappa shape index (κ3) is 4.43. The topological polar surface area (TPSA) is 89.3 Å². The fourth-order valence-electron chi connectivity index (χ4n) is 4.72. The summed E-state index contributed by atoms with van der Waals surface area (Å²) >= 11 is 0. The molecule has 2 amide bonds. The maximum atomic E-state index is 12.9. The van der Waals surface area contributed by atoms with Crippen molar-refractivity contribution >= 4 is 29.2 Å². The number of carbonyl (C=O) groups is 2. The van der Waals surface area contributed by atoms with Gasteiger partial charge in [0.1, 0.15) is 0 Å². The lowest BCUT2D eigenvalue weighted by Crippen LogP contribution is -2.55. The van der Waals surface area contributed by atoms with Gasteiger partial charge in [0, 0.05) is 60.9 Å². The number of aromatic amines is 1. The highest BCUT2D eigenvalue weighted by Crippen LogP contribution is 2.33. The van der Waals surface area contributed by atoms with Crippen LogP contribution in [0.25, 0.3) is 11.6 Å². The lowest BCUT2D eigenvalue weighted by atomic mass is 10.0. The molecule has 2 atom stereocenters. The maximum Gasteiger partial charge on any atom is 0.256 e. The average Bonchev–Trinajstić information content (AvgIpc) is 3.17. The molecule has 4 rings (SSSR count). The van der Waals surface area contributed by atoms with Gasteiger partial charge in [-0.1, -0.05) is 18.2 Å². The molecular formula is C24H31N5O2. The van der Waals surface area contributed by atoms with Crippen molar-refractivity contribution in [3.05, 3.63) is 52.3 Å². The molecule has 0 aliphatic carbocycles. The van der Waals surface area contributed by atoms with Crippen LogP contribution in [0.5, 0.6) is 0 Å². The number of carbonyl (C=O) groups excluding carboxylic acids is 2. The Labute approximate surface area is 183 Å². The molecule has 0 saturated carbocycles. The minimum atomic E-state index is -0.127. The Morgan fingerprint density at radius 2 is 1.90 bits per heavy atom. The summed E-state index contributed by atoms with van der Waals surface area (Å²) in [5, 5.41) is 9.48. The second kappa shape index (κ2) is 8.69. The van der Waals surface area contributed by atoms with Crippen LogP contribution in [0.4, 0.5) is 5.69 Å². The van der Waals surface area contributed by atoms with Crippen LogP contribution in [0, 0.1) is 13.8 Å². The van der Waals surface area contributed by atoms with Gasteiger partial charge in [-0.05, 0) is 45.4 Å². The van der Waals surface area contributed by atoms with Gasteiger partial charge in [-0.15, -0.1) is 0 Å². The number of fused-ring (bicyclic) bond motifs is 1. The molecular weight excluding hydrogens is 390 g/mol. The van der Waals surface area contributed by atoms with Crippen LogP contribution in [0.2, 0.25) is 0 Å². The first-order chi connectivity index (χ1) is 14.8. The molecule has 164 valence electrons. The standard InChI is InChI=1S/C24H31N5O2/c1-14-12-29(13-15(2)26-14)10-9-25-24(31)22-16(3)21(27-17(22)4)11-19-18-7-5-6-8-20(18)28-23(19)30/h5-8,11,14-15,26-27H,9-10,12-13H2,1-4H3,(H,25,31)(H,28,30)/b19-11-. The van der Waals surface area contributed by atoms with E-state index in [0.717, 1.165) is 47.8 Å². The van der Waals surface area contributed by atoms with Crippen molar-refractivity contribution in [1.29, 1.82) is 0 Å². The molecule has 3 heterocycles. The number of benzene rings is 1. The Kier molecular flexibility index (Phi) is 5.98. The minimum absolute atomic E-state index is 0.0802. The summed E-state index contributed by atoms with van der Waals surface area (Å²) in [6, 6.07) is 8.55. The molecule has 0 bridgehead atoms. The Hall–Kier alpha value is -2.90. The number of nitrogens with one attached hydrogen (secondary N) is 4. The second-order valence-corrected chi connectivity index (χ2v) is 8.71. The molecule has 0 radical (unpaired) electrons. The molecule has 1 aromatic carbocycles. The molecule has 2 unspecified atom stereocenters. The van der Waals surface area contributed by atoms with Gasteiger partial charge in [0.15, 0.2) is 0 Å². The molecule has 4 N–H and O–H groups in total. The van der Waals surface area contributed by atoms with Crippen molar-refractivity contribution in [3.63, 3.8) is 0 Å². The lowest BCUT2D eigenvalue weighted by molar-refractivity contribution is -0.110. The zero-order valence-electron chi connectivity index (χ0n) is 18.6. The van der Waals surface area contributed by atoms with Crippen molar-refractivity contribution in [1.82, 2.24) is 20.5 Å². The summed E-state index contributed by atoms with van der Waals surface area (Å²) in [7, 11) is 0. The van der Waals surface area contributed by atoms with E-state index in [1.807, 2.05) is 44.2 Å². The van der Waals surface area contributed by atoms with E-state index in [9.17, 15) is 9.59 Å². The van der Waals surface area contributed by atoms with Gasteiger partial charge >= 0.3 is 0 Å². The minimum Gasteiger partial charge on any atom is -0.358 e. The number of para-hydroxylation sites is 1. The highest BCUT2D eigenvalue weighted by molar-refractivity contribution is 6.34. The lowest BCUT2D eigenvalue weighted by Gasteiger charge is -2.36. The number of piperazine rings is 1. The molecule has 0 spiro atoms. The van der Waals surface area contributed by atoms with Crippen LogP contribution in [0.1, 0.15) is 46.7 Å². The fourth-order valence-corrected chi connectivity index (χ4v) is 4.72. The third-order valence-electron chi connectivity index (χ3n) is 6.05. The van der Waals surface area contributed by atoms with Gasteiger partial charge in [0.05, 0.1) is 11.1 Å². The third-order valence-corrected chi connectivity index (χ3v) is 6.05. The van der Waals surface area contributed by atoms with Crippen LogP contribution < -0.4 is 16.0 Å². The Bertz CT molecular complexity index is 1030. The van der Waals surface area contributed by atoms with E-state index in [1.54, 1.807) is 0 Å². The molecule has 1 fully saturated rings. The first-order valence-electron chi connectivity index (χ1n) is 10.9. The SMILES string of the molecule is Cc1[nH]c(/C=C2\C(=O)Nc3ccccc32)c(C)c1C(=O)NCCN1CC(C)NC(C)C1.